The molecular weight excluding hydrogens is 744 g/mol. The van der Waals surface area contributed by atoms with Crippen LogP contribution >= 0.6 is 7.82 Å². The molecule has 336 valence electrons. The zero-order valence-electron chi connectivity index (χ0n) is 38.0. The number of carbonyl (C=O) groups excluding carboxylic acids is 1. The Kier molecular flexibility index (Phi) is 38.9. The Bertz CT molecular complexity index is 1170. The predicted molar refractivity (Wildman–Crippen MR) is 247 cm³/mol. The summed E-state index contributed by atoms with van der Waals surface area (Å²) >= 11 is 0. The number of quaternary nitrogens is 1. The van der Waals surface area contributed by atoms with Gasteiger partial charge in [0, 0.05) is 6.42 Å². The molecule has 0 aliphatic heterocycles. The molecule has 0 aromatic rings. The lowest BCUT2D eigenvalue weighted by Gasteiger charge is -2.29. The van der Waals surface area contributed by atoms with Crippen LogP contribution in [0, 0.1) is 0 Å². The average Bonchev–Trinajstić information content (AvgIpc) is 3.17. The van der Waals surface area contributed by atoms with E-state index in [4.69, 9.17) is 9.05 Å². The van der Waals surface area contributed by atoms with E-state index in [2.05, 4.69) is 79.9 Å². The highest BCUT2D eigenvalue weighted by molar-refractivity contribution is 7.45. The first-order valence-corrected chi connectivity index (χ1v) is 24.8. The summed E-state index contributed by atoms with van der Waals surface area (Å²) in [7, 11) is 1.23. The highest BCUT2D eigenvalue weighted by Crippen LogP contribution is 2.38. The molecule has 0 saturated heterocycles. The zero-order chi connectivity index (χ0) is 42.8. The summed E-state index contributed by atoms with van der Waals surface area (Å²) in [6.07, 6.45) is 54.0. The normalized spacial score (nSPS) is 14.9. The quantitative estimate of drug-likeness (QED) is 0.0275. The van der Waals surface area contributed by atoms with Gasteiger partial charge in [0.05, 0.1) is 39.9 Å². The lowest BCUT2D eigenvalue weighted by atomic mass is 10.0. The molecule has 0 rings (SSSR count). The fourth-order valence-electron chi connectivity index (χ4n) is 6.22. The third kappa shape index (κ3) is 42.1. The molecule has 0 saturated carbocycles. The lowest BCUT2D eigenvalue weighted by molar-refractivity contribution is -0.870. The van der Waals surface area contributed by atoms with Gasteiger partial charge >= 0.3 is 0 Å². The Balaban J connectivity index is 4.14. The van der Waals surface area contributed by atoms with E-state index >= 15 is 0 Å². The molecule has 0 aliphatic carbocycles. The van der Waals surface area contributed by atoms with E-state index in [1.807, 2.05) is 27.2 Å². The molecule has 1 amide bonds. The van der Waals surface area contributed by atoms with E-state index < -0.39 is 26.6 Å². The molecule has 0 aromatic carbocycles. The van der Waals surface area contributed by atoms with Crippen LogP contribution in [0.1, 0.15) is 181 Å². The third-order valence-corrected chi connectivity index (χ3v) is 10.9. The monoisotopic (exact) mass is 833 g/mol. The number of nitrogens with zero attached hydrogens (tertiary/aromatic N) is 1. The van der Waals surface area contributed by atoms with Crippen molar-refractivity contribution in [3.63, 3.8) is 0 Å². The van der Waals surface area contributed by atoms with Gasteiger partial charge < -0.3 is 28.8 Å². The van der Waals surface area contributed by atoms with Crippen molar-refractivity contribution < 1.29 is 32.9 Å². The van der Waals surface area contributed by atoms with Crippen LogP contribution in [0.5, 0.6) is 0 Å². The zero-order valence-corrected chi connectivity index (χ0v) is 38.9. The first-order chi connectivity index (χ1) is 28.0. The minimum absolute atomic E-state index is 0.00923. The number of allylic oxidation sites excluding steroid dienone is 11. The summed E-state index contributed by atoms with van der Waals surface area (Å²) in [6, 6.07) is -0.904. The molecule has 0 spiro atoms. The van der Waals surface area contributed by atoms with Gasteiger partial charge in [-0.05, 0) is 70.6 Å². The molecule has 8 nitrogen and oxygen atoms in total. The van der Waals surface area contributed by atoms with Gasteiger partial charge in [-0.2, -0.15) is 0 Å². The second-order valence-electron chi connectivity index (χ2n) is 16.7. The van der Waals surface area contributed by atoms with Crippen LogP contribution in [0.15, 0.2) is 72.9 Å². The minimum atomic E-state index is -4.59. The second kappa shape index (κ2) is 40.4. The van der Waals surface area contributed by atoms with Gasteiger partial charge in [0.15, 0.2) is 0 Å². The van der Waals surface area contributed by atoms with Crippen LogP contribution < -0.4 is 10.2 Å². The smallest absolute Gasteiger partial charge is 0.268 e. The van der Waals surface area contributed by atoms with Gasteiger partial charge in [-0.3, -0.25) is 9.36 Å². The SMILES string of the molecule is CC/C=C\C/C=C\C/C=C\C/C=C\CCCCCCCCCCCCCCCCC(=O)NC(COP(=O)([O-])OCC[N+](C)(C)C)C(O)/C=C/CC/C=C/CCCCC. The molecule has 0 aliphatic rings. The highest BCUT2D eigenvalue weighted by Gasteiger charge is 2.23. The molecule has 0 heterocycles. The Morgan fingerprint density at radius 2 is 1.07 bits per heavy atom. The molecule has 3 unspecified atom stereocenters. The number of rotatable bonds is 41. The number of aliphatic hydroxyl groups is 1. The summed E-state index contributed by atoms with van der Waals surface area (Å²) < 4.78 is 23.1. The lowest BCUT2D eigenvalue weighted by Crippen LogP contribution is -2.45. The maximum atomic E-state index is 12.8. The summed E-state index contributed by atoms with van der Waals surface area (Å²) in [5, 5.41) is 13.7. The van der Waals surface area contributed by atoms with E-state index in [1.165, 1.54) is 96.3 Å². The minimum Gasteiger partial charge on any atom is -0.756 e. The second-order valence-corrected chi connectivity index (χ2v) is 18.1. The van der Waals surface area contributed by atoms with Crippen LogP contribution in [0.2, 0.25) is 0 Å². The van der Waals surface area contributed by atoms with E-state index in [9.17, 15) is 19.4 Å². The van der Waals surface area contributed by atoms with Crippen molar-refractivity contribution in [3.05, 3.63) is 72.9 Å². The Morgan fingerprint density at radius 3 is 1.60 bits per heavy atom. The van der Waals surface area contributed by atoms with Gasteiger partial charge in [-0.25, -0.2) is 0 Å². The highest BCUT2D eigenvalue weighted by atomic mass is 31.2. The van der Waals surface area contributed by atoms with Gasteiger partial charge in [0.2, 0.25) is 5.91 Å². The standard InChI is InChI=1S/C49H89N2O6P/c1-6-8-10-12-14-16-17-18-19-20-21-22-23-24-25-26-27-28-29-30-31-32-33-35-37-39-41-43-49(53)50-47(46-57-58(54,55)56-45-44-51(3,4)5)48(52)42-40-38-36-34-15-13-11-9-7-2/h8,10,14-16,18-19,21-22,34,40,42,47-48,52H,6-7,9,11-13,17,20,23-33,35-39,41,43-46H2,1-5H3,(H-,50,53,54,55)/b10-8-,16-14-,19-18-,22-21-,34-15+,42-40+. The summed E-state index contributed by atoms with van der Waals surface area (Å²) in [5.41, 5.74) is 0. The van der Waals surface area contributed by atoms with Crippen molar-refractivity contribution in [3.8, 4) is 0 Å². The van der Waals surface area contributed by atoms with Crippen molar-refractivity contribution in [2.75, 3.05) is 40.9 Å². The van der Waals surface area contributed by atoms with E-state index in [0.717, 1.165) is 64.2 Å². The third-order valence-electron chi connectivity index (χ3n) is 9.90. The van der Waals surface area contributed by atoms with Crippen LogP contribution in [-0.2, 0) is 18.4 Å². The van der Waals surface area contributed by atoms with E-state index in [1.54, 1.807) is 6.08 Å². The summed E-state index contributed by atoms with van der Waals surface area (Å²) in [5.74, 6) is -0.214. The van der Waals surface area contributed by atoms with Crippen LogP contribution in [0.25, 0.3) is 0 Å². The van der Waals surface area contributed by atoms with Gasteiger partial charge in [0.25, 0.3) is 7.82 Å². The van der Waals surface area contributed by atoms with Gasteiger partial charge in [-0.15, -0.1) is 0 Å². The fourth-order valence-corrected chi connectivity index (χ4v) is 6.94. The Morgan fingerprint density at radius 1 is 0.621 bits per heavy atom. The maximum Gasteiger partial charge on any atom is 0.268 e. The van der Waals surface area contributed by atoms with Crippen molar-refractivity contribution in [1.29, 1.82) is 0 Å². The number of unbranched alkanes of at least 4 members (excludes halogenated alkanes) is 18. The summed E-state index contributed by atoms with van der Waals surface area (Å²) in [4.78, 5) is 25.2. The number of hydrogen-bond acceptors (Lipinski definition) is 6. The van der Waals surface area contributed by atoms with E-state index in [0.29, 0.717) is 17.4 Å². The molecular formula is C49H89N2O6P. The number of carbonyl (C=O) groups is 1. The number of likely N-dealkylation sites (N-methyl/N-ethyl adjacent to an activating group) is 1. The van der Waals surface area contributed by atoms with Crippen LogP contribution in [-0.4, -0.2) is 68.5 Å². The maximum absolute atomic E-state index is 12.8. The first kappa shape index (κ1) is 55.9. The van der Waals surface area contributed by atoms with Gasteiger partial charge in [-0.1, -0.05) is 177 Å². The van der Waals surface area contributed by atoms with Crippen molar-refractivity contribution in [2.45, 2.75) is 193 Å². The number of hydrogen-bond donors (Lipinski definition) is 2. The predicted octanol–water partition coefficient (Wildman–Crippen LogP) is 12.6. The number of amides is 1. The Labute approximate surface area is 357 Å². The fraction of sp³-hybridized carbons (Fsp3) is 0.735. The van der Waals surface area contributed by atoms with Gasteiger partial charge in [0.1, 0.15) is 13.2 Å². The van der Waals surface area contributed by atoms with Crippen molar-refractivity contribution >= 4 is 13.7 Å². The molecule has 3 atom stereocenters. The first-order valence-electron chi connectivity index (χ1n) is 23.3. The average molecular weight is 833 g/mol. The molecule has 9 heteroatoms. The molecule has 2 N–H and O–H groups in total. The molecule has 0 fully saturated rings. The molecule has 0 aromatic heterocycles. The van der Waals surface area contributed by atoms with Crippen LogP contribution in [0.4, 0.5) is 0 Å². The number of phosphoric acid groups is 1. The molecule has 0 radical (unpaired) electrons. The largest absolute Gasteiger partial charge is 0.756 e. The van der Waals surface area contributed by atoms with Crippen molar-refractivity contribution in [2.24, 2.45) is 0 Å². The van der Waals surface area contributed by atoms with E-state index in [-0.39, 0.29) is 12.5 Å². The topological polar surface area (TPSA) is 108 Å². The number of aliphatic hydroxyl groups excluding tert-OH is 1. The van der Waals surface area contributed by atoms with Crippen molar-refractivity contribution in [1.82, 2.24) is 5.32 Å². The number of nitrogens with one attached hydrogen (secondary N) is 1. The molecule has 0 bridgehead atoms. The number of phosphoric ester groups is 1. The Hall–Kier alpha value is -2.06. The van der Waals surface area contributed by atoms with Crippen LogP contribution in [0.3, 0.4) is 0 Å². The summed E-state index contributed by atoms with van der Waals surface area (Å²) in [6.45, 7) is 4.44. The molecule has 58 heavy (non-hydrogen) atoms.